The maximum Gasteiger partial charge on any atom is 0.248 e. The molecule has 1 amide bonds. The molecule has 0 aromatic heterocycles. The Morgan fingerprint density at radius 2 is 1.75 bits per heavy atom. The summed E-state index contributed by atoms with van der Waals surface area (Å²) < 4.78 is 10.5. The van der Waals surface area contributed by atoms with Gasteiger partial charge in [-0.3, -0.25) is 4.79 Å². The molecule has 0 unspecified atom stereocenters. The third kappa shape index (κ3) is 3.77. The Balaban J connectivity index is 1.63. The van der Waals surface area contributed by atoms with Crippen molar-refractivity contribution in [1.82, 2.24) is 0 Å². The fraction of sp³-hybridized carbons (Fsp3) is 0.250. The van der Waals surface area contributed by atoms with Gasteiger partial charge in [0, 0.05) is 17.8 Å². The molecule has 0 fully saturated rings. The monoisotopic (exact) mass is 323 g/mol. The second-order valence-electron chi connectivity index (χ2n) is 6.76. The first-order chi connectivity index (χ1) is 11.4. The van der Waals surface area contributed by atoms with Gasteiger partial charge in [0.15, 0.2) is 11.5 Å². The van der Waals surface area contributed by atoms with Crippen LogP contribution in [0.3, 0.4) is 0 Å². The van der Waals surface area contributed by atoms with E-state index < -0.39 is 0 Å². The quantitative estimate of drug-likeness (QED) is 0.854. The van der Waals surface area contributed by atoms with E-state index in [0.29, 0.717) is 17.2 Å². The summed E-state index contributed by atoms with van der Waals surface area (Å²) >= 11 is 0. The minimum atomic E-state index is -0.186. The lowest BCUT2D eigenvalue weighted by molar-refractivity contribution is -0.111. The van der Waals surface area contributed by atoms with Gasteiger partial charge in [0.2, 0.25) is 12.7 Å². The summed E-state index contributed by atoms with van der Waals surface area (Å²) in [5, 5.41) is 2.82. The third-order valence-electron chi connectivity index (χ3n) is 3.84. The topological polar surface area (TPSA) is 47.6 Å². The lowest BCUT2D eigenvalue weighted by Gasteiger charge is -2.18. The zero-order chi connectivity index (χ0) is 17.2. The molecule has 0 atom stereocenters. The summed E-state index contributed by atoms with van der Waals surface area (Å²) in [5.41, 5.74) is 3.06. The molecule has 0 radical (unpaired) electrons. The number of nitrogens with one attached hydrogen (secondary N) is 1. The summed E-state index contributed by atoms with van der Waals surface area (Å²) in [7, 11) is 0. The Kier molecular flexibility index (Phi) is 4.30. The molecule has 4 heteroatoms. The maximum atomic E-state index is 12.0. The number of amides is 1. The van der Waals surface area contributed by atoms with E-state index in [-0.39, 0.29) is 18.1 Å². The lowest BCUT2D eigenvalue weighted by atomic mass is 9.87. The van der Waals surface area contributed by atoms with E-state index in [1.54, 1.807) is 24.3 Å². The molecule has 1 heterocycles. The smallest absolute Gasteiger partial charge is 0.248 e. The number of anilines is 1. The van der Waals surface area contributed by atoms with Gasteiger partial charge >= 0.3 is 0 Å². The largest absolute Gasteiger partial charge is 0.454 e. The zero-order valence-corrected chi connectivity index (χ0v) is 14.1. The SMILES string of the molecule is CC(C)(C)c1ccc(/C=C\C(=O)Nc2ccc3c(c2)OCO3)cc1. The highest BCUT2D eigenvalue weighted by Gasteiger charge is 2.14. The van der Waals surface area contributed by atoms with Crippen LogP contribution in [0.5, 0.6) is 11.5 Å². The molecular weight excluding hydrogens is 302 g/mol. The summed E-state index contributed by atoms with van der Waals surface area (Å²) in [6.07, 6.45) is 3.32. The number of hydrogen-bond acceptors (Lipinski definition) is 3. The fourth-order valence-electron chi connectivity index (χ4n) is 2.42. The van der Waals surface area contributed by atoms with E-state index in [9.17, 15) is 4.79 Å². The van der Waals surface area contributed by atoms with Gasteiger partial charge in [0.1, 0.15) is 0 Å². The molecule has 0 aliphatic carbocycles. The number of benzene rings is 2. The molecule has 124 valence electrons. The Labute approximate surface area is 142 Å². The second kappa shape index (κ2) is 6.40. The van der Waals surface area contributed by atoms with Gasteiger partial charge in [-0.05, 0) is 34.8 Å². The van der Waals surface area contributed by atoms with Gasteiger partial charge in [-0.2, -0.15) is 0 Å². The average molecular weight is 323 g/mol. The average Bonchev–Trinajstić information content (AvgIpc) is 3.00. The second-order valence-corrected chi connectivity index (χ2v) is 6.76. The van der Waals surface area contributed by atoms with Crippen LogP contribution in [0.15, 0.2) is 48.5 Å². The van der Waals surface area contributed by atoms with E-state index >= 15 is 0 Å². The standard InChI is InChI=1S/C20H21NO3/c1-20(2,3)15-7-4-14(5-8-15)6-11-19(22)21-16-9-10-17-18(12-16)24-13-23-17/h4-12H,13H2,1-3H3,(H,21,22)/b11-6-. The first-order valence-electron chi connectivity index (χ1n) is 7.91. The highest BCUT2D eigenvalue weighted by molar-refractivity contribution is 6.02. The van der Waals surface area contributed by atoms with Crippen LogP contribution in [-0.2, 0) is 10.2 Å². The van der Waals surface area contributed by atoms with Crippen molar-refractivity contribution in [3.05, 3.63) is 59.7 Å². The molecule has 0 saturated carbocycles. The molecule has 0 bridgehead atoms. The number of hydrogen-bond donors (Lipinski definition) is 1. The van der Waals surface area contributed by atoms with Crippen LogP contribution in [0, 0.1) is 0 Å². The molecule has 0 saturated heterocycles. The molecule has 1 aliphatic rings. The zero-order valence-electron chi connectivity index (χ0n) is 14.1. The molecule has 1 aliphatic heterocycles. The van der Waals surface area contributed by atoms with Gasteiger partial charge in [-0.1, -0.05) is 45.0 Å². The van der Waals surface area contributed by atoms with Crippen LogP contribution in [0.1, 0.15) is 31.9 Å². The van der Waals surface area contributed by atoms with Crippen molar-refractivity contribution in [2.45, 2.75) is 26.2 Å². The van der Waals surface area contributed by atoms with Crippen LogP contribution in [0.2, 0.25) is 0 Å². The minimum Gasteiger partial charge on any atom is -0.454 e. The number of rotatable bonds is 3. The van der Waals surface area contributed by atoms with Crippen LogP contribution in [0.4, 0.5) is 5.69 Å². The van der Waals surface area contributed by atoms with Crippen molar-refractivity contribution in [3.8, 4) is 11.5 Å². The highest BCUT2D eigenvalue weighted by atomic mass is 16.7. The van der Waals surface area contributed by atoms with Crippen molar-refractivity contribution in [1.29, 1.82) is 0 Å². The number of fused-ring (bicyclic) bond motifs is 1. The molecule has 1 N–H and O–H groups in total. The summed E-state index contributed by atoms with van der Waals surface area (Å²) in [4.78, 5) is 12.0. The Morgan fingerprint density at radius 3 is 2.46 bits per heavy atom. The molecule has 2 aromatic rings. The number of carbonyl (C=O) groups is 1. The van der Waals surface area contributed by atoms with E-state index in [1.165, 1.54) is 11.6 Å². The van der Waals surface area contributed by atoms with Gasteiger partial charge in [-0.25, -0.2) is 0 Å². The van der Waals surface area contributed by atoms with Crippen molar-refractivity contribution in [3.63, 3.8) is 0 Å². The predicted molar refractivity (Wildman–Crippen MR) is 95.4 cm³/mol. The van der Waals surface area contributed by atoms with Crippen LogP contribution in [-0.4, -0.2) is 12.7 Å². The molecule has 0 spiro atoms. The molecule has 24 heavy (non-hydrogen) atoms. The lowest BCUT2D eigenvalue weighted by Crippen LogP contribution is -2.10. The minimum absolute atomic E-state index is 0.124. The first-order valence-corrected chi connectivity index (χ1v) is 7.91. The Morgan fingerprint density at radius 1 is 1.04 bits per heavy atom. The third-order valence-corrected chi connectivity index (χ3v) is 3.84. The Hall–Kier alpha value is -2.75. The van der Waals surface area contributed by atoms with Crippen LogP contribution >= 0.6 is 0 Å². The van der Waals surface area contributed by atoms with Crippen molar-refractivity contribution >= 4 is 17.7 Å². The van der Waals surface area contributed by atoms with E-state index in [1.807, 2.05) is 12.1 Å². The van der Waals surface area contributed by atoms with E-state index in [2.05, 4.69) is 38.2 Å². The highest BCUT2D eigenvalue weighted by Crippen LogP contribution is 2.34. The summed E-state index contributed by atoms with van der Waals surface area (Å²) in [6.45, 7) is 6.75. The summed E-state index contributed by atoms with van der Waals surface area (Å²) in [5.74, 6) is 1.16. The maximum absolute atomic E-state index is 12.0. The molecule has 4 nitrogen and oxygen atoms in total. The first kappa shape index (κ1) is 16.1. The molecule has 3 rings (SSSR count). The van der Waals surface area contributed by atoms with Crippen molar-refractivity contribution in [2.75, 3.05) is 12.1 Å². The number of ether oxygens (including phenoxy) is 2. The van der Waals surface area contributed by atoms with Crippen LogP contribution in [0.25, 0.3) is 6.08 Å². The summed E-state index contributed by atoms with van der Waals surface area (Å²) in [6, 6.07) is 13.6. The predicted octanol–water partition coefficient (Wildman–Crippen LogP) is 4.36. The van der Waals surface area contributed by atoms with Crippen molar-refractivity contribution in [2.24, 2.45) is 0 Å². The van der Waals surface area contributed by atoms with E-state index in [4.69, 9.17) is 9.47 Å². The van der Waals surface area contributed by atoms with Gasteiger partial charge in [0.25, 0.3) is 0 Å². The van der Waals surface area contributed by atoms with Gasteiger partial charge in [-0.15, -0.1) is 0 Å². The molecule has 2 aromatic carbocycles. The van der Waals surface area contributed by atoms with Crippen LogP contribution < -0.4 is 14.8 Å². The molecular formula is C20H21NO3. The van der Waals surface area contributed by atoms with Gasteiger partial charge < -0.3 is 14.8 Å². The van der Waals surface area contributed by atoms with Gasteiger partial charge in [0.05, 0.1) is 0 Å². The van der Waals surface area contributed by atoms with E-state index in [0.717, 1.165) is 5.56 Å². The number of carbonyl (C=O) groups excluding carboxylic acids is 1. The normalized spacial score (nSPS) is 13.3. The van der Waals surface area contributed by atoms with Crippen molar-refractivity contribution < 1.29 is 14.3 Å². The Bertz CT molecular complexity index is 770. The fourth-order valence-corrected chi connectivity index (χ4v) is 2.42.